The van der Waals surface area contributed by atoms with Crippen LogP contribution < -0.4 is 5.32 Å². The van der Waals surface area contributed by atoms with E-state index >= 15 is 0 Å². The van der Waals surface area contributed by atoms with Gasteiger partial charge in [-0.15, -0.1) is 0 Å². The van der Waals surface area contributed by atoms with Crippen LogP contribution in [-0.4, -0.2) is 22.1 Å². The zero-order valence-corrected chi connectivity index (χ0v) is 10.2. The number of pyridine rings is 1. The third-order valence-corrected chi connectivity index (χ3v) is 2.65. The smallest absolute Gasteiger partial charge is 0.326 e. The topological polar surface area (TPSA) is 62.2 Å². The van der Waals surface area contributed by atoms with Gasteiger partial charge in [-0.1, -0.05) is 13.8 Å². The Morgan fingerprint density at radius 3 is 2.73 bits per heavy atom. The minimum absolute atomic E-state index is 0.0163. The standard InChI is InChI=1S/C10H13BrN2O2/c1-6(2)9(10(14)15)13-8-3-4-12-5-7(8)11/h3-6,9H,1-2H3,(H,12,13)(H,14,15)/t9-/m1/s1. The van der Waals surface area contributed by atoms with E-state index in [-0.39, 0.29) is 5.92 Å². The lowest BCUT2D eigenvalue weighted by Crippen LogP contribution is -2.34. The zero-order valence-electron chi connectivity index (χ0n) is 8.57. The maximum atomic E-state index is 11.0. The van der Waals surface area contributed by atoms with E-state index in [1.165, 1.54) is 0 Å². The fourth-order valence-electron chi connectivity index (χ4n) is 1.17. The van der Waals surface area contributed by atoms with Gasteiger partial charge < -0.3 is 10.4 Å². The van der Waals surface area contributed by atoms with Gasteiger partial charge in [-0.3, -0.25) is 4.98 Å². The largest absolute Gasteiger partial charge is 0.480 e. The number of carbonyl (C=O) groups is 1. The summed E-state index contributed by atoms with van der Waals surface area (Å²) in [6, 6.07) is 1.14. The molecule has 15 heavy (non-hydrogen) atoms. The Kier molecular flexibility index (Phi) is 4.08. The molecule has 4 nitrogen and oxygen atoms in total. The normalized spacial score (nSPS) is 12.5. The van der Waals surface area contributed by atoms with Crippen molar-refractivity contribution in [2.45, 2.75) is 19.9 Å². The van der Waals surface area contributed by atoms with Gasteiger partial charge in [-0.05, 0) is 27.9 Å². The van der Waals surface area contributed by atoms with Gasteiger partial charge in [0.2, 0.25) is 0 Å². The van der Waals surface area contributed by atoms with Crippen molar-refractivity contribution in [2.75, 3.05) is 5.32 Å². The van der Waals surface area contributed by atoms with Crippen molar-refractivity contribution in [1.82, 2.24) is 4.98 Å². The van der Waals surface area contributed by atoms with Gasteiger partial charge in [0, 0.05) is 12.4 Å². The van der Waals surface area contributed by atoms with Crippen LogP contribution >= 0.6 is 15.9 Å². The van der Waals surface area contributed by atoms with E-state index in [9.17, 15) is 4.79 Å². The quantitative estimate of drug-likeness (QED) is 0.884. The Hall–Kier alpha value is -1.10. The van der Waals surface area contributed by atoms with Crippen LogP contribution in [0.1, 0.15) is 13.8 Å². The van der Waals surface area contributed by atoms with Crippen molar-refractivity contribution in [2.24, 2.45) is 5.92 Å². The zero-order chi connectivity index (χ0) is 11.4. The molecule has 0 amide bonds. The first kappa shape index (κ1) is 12.0. The summed E-state index contributed by atoms with van der Waals surface area (Å²) in [5.74, 6) is -0.837. The highest BCUT2D eigenvalue weighted by Crippen LogP contribution is 2.22. The lowest BCUT2D eigenvalue weighted by atomic mass is 10.0. The summed E-state index contributed by atoms with van der Waals surface area (Å²) in [5, 5.41) is 12.0. The minimum atomic E-state index is -0.853. The number of aromatic nitrogens is 1. The average molecular weight is 273 g/mol. The van der Waals surface area contributed by atoms with Gasteiger partial charge in [-0.2, -0.15) is 0 Å². The molecule has 1 atom stereocenters. The van der Waals surface area contributed by atoms with Crippen molar-refractivity contribution in [1.29, 1.82) is 0 Å². The fourth-order valence-corrected chi connectivity index (χ4v) is 1.54. The third kappa shape index (κ3) is 3.20. The molecule has 2 N–H and O–H groups in total. The van der Waals surface area contributed by atoms with Crippen LogP contribution in [0.15, 0.2) is 22.9 Å². The molecule has 1 heterocycles. The Morgan fingerprint density at radius 1 is 1.60 bits per heavy atom. The van der Waals surface area contributed by atoms with Gasteiger partial charge in [0.1, 0.15) is 6.04 Å². The molecule has 0 radical (unpaired) electrons. The third-order valence-electron chi connectivity index (χ3n) is 2.02. The number of anilines is 1. The molecule has 0 fully saturated rings. The molecular formula is C10H13BrN2O2. The van der Waals surface area contributed by atoms with Gasteiger partial charge in [0.25, 0.3) is 0 Å². The maximum absolute atomic E-state index is 11.0. The van der Waals surface area contributed by atoms with Crippen LogP contribution in [0.5, 0.6) is 0 Å². The fraction of sp³-hybridized carbons (Fsp3) is 0.400. The van der Waals surface area contributed by atoms with Crippen molar-refractivity contribution in [3.8, 4) is 0 Å². The lowest BCUT2D eigenvalue weighted by Gasteiger charge is -2.19. The van der Waals surface area contributed by atoms with E-state index in [1.54, 1.807) is 18.5 Å². The molecule has 1 rings (SSSR count). The van der Waals surface area contributed by atoms with Crippen LogP contribution in [0.3, 0.4) is 0 Å². The molecule has 0 spiro atoms. The van der Waals surface area contributed by atoms with Crippen molar-refractivity contribution in [3.05, 3.63) is 22.9 Å². The first-order valence-corrected chi connectivity index (χ1v) is 5.40. The molecule has 0 saturated carbocycles. The maximum Gasteiger partial charge on any atom is 0.326 e. The van der Waals surface area contributed by atoms with E-state index in [2.05, 4.69) is 26.2 Å². The number of halogens is 1. The first-order valence-electron chi connectivity index (χ1n) is 4.61. The molecular weight excluding hydrogens is 260 g/mol. The monoisotopic (exact) mass is 272 g/mol. The molecule has 1 aromatic rings. The predicted octanol–water partition coefficient (Wildman–Crippen LogP) is 2.37. The molecule has 0 aliphatic heterocycles. The van der Waals surface area contributed by atoms with Gasteiger partial charge in [0.05, 0.1) is 10.2 Å². The summed E-state index contributed by atoms with van der Waals surface area (Å²) in [6.45, 7) is 3.72. The molecule has 0 unspecified atom stereocenters. The van der Waals surface area contributed by atoms with E-state index in [0.29, 0.717) is 0 Å². The molecule has 1 aromatic heterocycles. The summed E-state index contributed by atoms with van der Waals surface area (Å²) in [6.07, 6.45) is 3.24. The average Bonchev–Trinajstić information content (AvgIpc) is 2.15. The Bertz CT molecular complexity index is 355. The summed E-state index contributed by atoms with van der Waals surface area (Å²) in [4.78, 5) is 14.9. The lowest BCUT2D eigenvalue weighted by molar-refractivity contribution is -0.138. The highest BCUT2D eigenvalue weighted by molar-refractivity contribution is 9.10. The number of nitrogens with zero attached hydrogens (tertiary/aromatic N) is 1. The predicted molar refractivity (Wildman–Crippen MR) is 61.8 cm³/mol. The number of hydrogen-bond donors (Lipinski definition) is 2. The molecule has 0 aliphatic carbocycles. The Balaban J connectivity index is 2.84. The summed E-state index contributed by atoms with van der Waals surface area (Å²) < 4.78 is 0.761. The highest BCUT2D eigenvalue weighted by atomic mass is 79.9. The van der Waals surface area contributed by atoms with E-state index in [1.807, 2.05) is 13.8 Å². The summed E-state index contributed by atoms with van der Waals surface area (Å²) in [5.41, 5.74) is 0.742. The second kappa shape index (κ2) is 5.11. The number of carboxylic acid groups (broad SMARTS) is 1. The molecule has 0 aliphatic rings. The number of hydrogen-bond acceptors (Lipinski definition) is 3. The highest BCUT2D eigenvalue weighted by Gasteiger charge is 2.21. The van der Waals surface area contributed by atoms with Crippen molar-refractivity contribution < 1.29 is 9.90 Å². The number of nitrogens with one attached hydrogen (secondary N) is 1. The van der Waals surface area contributed by atoms with Gasteiger partial charge in [0.15, 0.2) is 0 Å². The van der Waals surface area contributed by atoms with Crippen LogP contribution in [0, 0.1) is 5.92 Å². The second-order valence-electron chi connectivity index (χ2n) is 3.56. The first-order chi connectivity index (χ1) is 7.02. The van der Waals surface area contributed by atoms with Crippen LogP contribution in [0.2, 0.25) is 0 Å². The number of carboxylic acids is 1. The summed E-state index contributed by atoms with van der Waals surface area (Å²) in [7, 11) is 0. The Labute approximate surface area is 96.8 Å². The van der Waals surface area contributed by atoms with Crippen LogP contribution in [0.4, 0.5) is 5.69 Å². The van der Waals surface area contributed by atoms with E-state index < -0.39 is 12.0 Å². The van der Waals surface area contributed by atoms with Crippen LogP contribution in [0.25, 0.3) is 0 Å². The minimum Gasteiger partial charge on any atom is -0.480 e. The van der Waals surface area contributed by atoms with Gasteiger partial charge >= 0.3 is 5.97 Å². The number of rotatable bonds is 4. The SMILES string of the molecule is CC(C)[C@@H](Nc1ccncc1Br)C(=O)O. The molecule has 0 bridgehead atoms. The van der Waals surface area contributed by atoms with Crippen LogP contribution in [-0.2, 0) is 4.79 Å². The second-order valence-corrected chi connectivity index (χ2v) is 4.41. The van der Waals surface area contributed by atoms with Crippen molar-refractivity contribution >= 4 is 27.6 Å². The Morgan fingerprint density at radius 2 is 2.27 bits per heavy atom. The molecule has 5 heteroatoms. The van der Waals surface area contributed by atoms with E-state index in [0.717, 1.165) is 10.2 Å². The molecule has 0 saturated heterocycles. The molecule has 82 valence electrons. The number of aliphatic carboxylic acids is 1. The van der Waals surface area contributed by atoms with E-state index in [4.69, 9.17) is 5.11 Å². The van der Waals surface area contributed by atoms with Crippen molar-refractivity contribution in [3.63, 3.8) is 0 Å². The summed E-state index contributed by atoms with van der Waals surface area (Å²) >= 11 is 3.31. The van der Waals surface area contributed by atoms with Gasteiger partial charge in [-0.25, -0.2) is 4.79 Å². The molecule has 0 aromatic carbocycles.